The zero-order valence-electron chi connectivity index (χ0n) is 26.0. The molecule has 0 spiro atoms. The third-order valence-electron chi connectivity index (χ3n) is 7.02. The van der Waals surface area contributed by atoms with Gasteiger partial charge in [-0.15, -0.1) is 0 Å². The summed E-state index contributed by atoms with van der Waals surface area (Å²) >= 11 is 0. The normalized spacial score (nSPS) is 13.6. The number of hydrogen-bond donors (Lipinski definition) is 3. The van der Waals surface area contributed by atoms with Gasteiger partial charge in [0.25, 0.3) is 0 Å². The maximum Gasteiger partial charge on any atom is 0.408 e. The first-order valence-electron chi connectivity index (χ1n) is 14.7. The molecule has 2 rings (SSSR count). The second kappa shape index (κ2) is 15.5. The van der Waals surface area contributed by atoms with Gasteiger partial charge in [-0.25, -0.2) is 4.79 Å². The summed E-state index contributed by atoms with van der Waals surface area (Å²) in [6.07, 6.45) is 2.92. The number of aromatic hydroxyl groups is 1. The second-order valence-corrected chi connectivity index (χ2v) is 11.8. The number of carbonyl (C=O) groups excluding carboxylic acids is 3. The highest BCUT2D eigenvalue weighted by Gasteiger charge is 2.39. The predicted molar refractivity (Wildman–Crippen MR) is 163 cm³/mol. The number of phenols is 1. The van der Waals surface area contributed by atoms with Crippen LogP contribution in [0.5, 0.6) is 5.75 Å². The number of amides is 3. The topological polar surface area (TPSA) is 108 Å². The fraction of sp³-hybridized carbons (Fsp3) is 0.545. The quantitative estimate of drug-likeness (QED) is 0.253. The van der Waals surface area contributed by atoms with Crippen molar-refractivity contribution < 1.29 is 24.2 Å². The smallest absolute Gasteiger partial charge is 0.408 e. The van der Waals surface area contributed by atoms with Gasteiger partial charge in [0.1, 0.15) is 23.4 Å². The Hall–Kier alpha value is -3.55. The fourth-order valence-corrected chi connectivity index (χ4v) is 4.65. The number of aryl methyl sites for hydroxylation is 2. The Morgan fingerprint density at radius 1 is 1.00 bits per heavy atom. The number of alkyl carbamates (subject to hydrolysis) is 1. The molecule has 0 aliphatic heterocycles. The largest absolute Gasteiger partial charge is 0.508 e. The lowest BCUT2D eigenvalue weighted by atomic mass is 9.94. The first-order chi connectivity index (χ1) is 19.3. The van der Waals surface area contributed by atoms with Crippen molar-refractivity contribution in [2.45, 2.75) is 111 Å². The lowest BCUT2D eigenvalue weighted by molar-refractivity contribution is -0.145. The van der Waals surface area contributed by atoms with Gasteiger partial charge in [0.2, 0.25) is 11.8 Å². The SMILES string of the molecule is CCCCCNC(=O)C(c1cc(C)ccc1C)N(C(=O)C(Cc1ccc(O)cc1)NC(=O)OC(C)(C)C)C(C)CC. The van der Waals surface area contributed by atoms with E-state index in [1.54, 1.807) is 49.9 Å². The van der Waals surface area contributed by atoms with Gasteiger partial charge in [0.05, 0.1) is 0 Å². The molecule has 3 amide bonds. The summed E-state index contributed by atoms with van der Waals surface area (Å²) in [7, 11) is 0. The van der Waals surface area contributed by atoms with Gasteiger partial charge < -0.3 is 25.4 Å². The van der Waals surface area contributed by atoms with Crippen molar-refractivity contribution in [3.63, 3.8) is 0 Å². The molecule has 226 valence electrons. The molecule has 3 N–H and O–H groups in total. The van der Waals surface area contributed by atoms with Crippen molar-refractivity contribution in [2.24, 2.45) is 0 Å². The molecule has 0 saturated heterocycles. The van der Waals surface area contributed by atoms with Gasteiger partial charge in [-0.05, 0) is 83.2 Å². The van der Waals surface area contributed by atoms with Crippen LogP contribution < -0.4 is 10.6 Å². The molecule has 0 bridgehead atoms. The summed E-state index contributed by atoms with van der Waals surface area (Å²) in [5, 5.41) is 15.6. The number of benzene rings is 2. The van der Waals surface area contributed by atoms with E-state index in [1.807, 2.05) is 45.9 Å². The number of nitrogens with one attached hydrogen (secondary N) is 2. The van der Waals surface area contributed by atoms with Crippen LogP contribution in [0.25, 0.3) is 0 Å². The van der Waals surface area contributed by atoms with E-state index in [4.69, 9.17) is 4.74 Å². The molecule has 2 aromatic rings. The van der Waals surface area contributed by atoms with Crippen LogP contribution in [-0.2, 0) is 20.7 Å². The van der Waals surface area contributed by atoms with Crippen molar-refractivity contribution in [3.8, 4) is 5.75 Å². The van der Waals surface area contributed by atoms with Crippen LogP contribution in [0.1, 0.15) is 95.5 Å². The van der Waals surface area contributed by atoms with Gasteiger partial charge in [0, 0.05) is 19.0 Å². The maximum atomic E-state index is 14.5. The fourth-order valence-electron chi connectivity index (χ4n) is 4.65. The second-order valence-electron chi connectivity index (χ2n) is 11.8. The third-order valence-corrected chi connectivity index (χ3v) is 7.02. The van der Waals surface area contributed by atoms with E-state index in [0.29, 0.717) is 13.0 Å². The maximum absolute atomic E-state index is 14.5. The van der Waals surface area contributed by atoms with Crippen LogP contribution in [-0.4, -0.2) is 52.1 Å². The number of nitrogens with zero attached hydrogens (tertiary/aromatic N) is 1. The monoisotopic (exact) mass is 567 g/mol. The molecule has 3 unspecified atom stereocenters. The van der Waals surface area contributed by atoms with E-state index < -0.39 is 23.8 Å². The predicted octanol–water partition coefficient (Wildman–Crippen LogP) is 6.12. The van der Waals surface area contributed by atoms with Crippen LogP contribution in [0, 0.1) is 13.8 Å². The molecule has 0 fully saturated rings. The Bertz CT molecular complexity index is 1160. The summed E-state index contributed by atoms with van der Waals surface area (Å²) in [5.74, 6) is -0.523. The van der Waals surface area contributed by atoms with Crippen LogP contribution in [0.3, 0.4) is 0 Å². The van der Waals surface area contributed by atoms with Crippen molar-refractivity contribution in [2.75, 3.05) is 6.54 Å². The highest BCUT2D eigenvalue weighted by atomic mass is 16.6. The van der Waals surface area contributed by atoms with Gasteiger partial charge in [0.15, 0.2) is 0 Å². The van der Waals surface area contributed by atoms with Crippen molar-refractivity contribution in [1.82, 2.24) is 15.5 Å². The van der Waals surface area contributed by atoms with E-state index in [1.165, 1.54) is 0 Å². The number of hydrogen-bond acceptors (Lipinski definition) is 5. The lowest BCUT2D eigenvalue weighted by Gasteiger charge is -2.39. The molecule has 0 saturated carbocycles. The van der Waals surface area contributed by atoms with Crippen LogP contribution >= 0.6 is 0 Å². The van der Waals surface area contributed by atoms with Crippen molar-refractivity contribution >= 4 is 17.9 Å². The van der Waals surface area contributed by atoms with E-state index in [-0.39, 0.29) is 30.0 Å². The molecule has 41 heavy (non-hydrogen) atoms. The van der Waals surface area contributed by atoms with Gasteiger partial charge >= 0.3 is 6.09 Å². The van der Waals surface area contributed by atoms with E-state index >= 15 is 0 Å². The molecular formula is C33H49N3O5. The summed E-state index contributed by atoms with van der Waals surface area (Å²) < 4.78 is 5.51. The average Bonchev–Trinajstić information content (AvgIpc) is 2.90. The van der Waals surface area contributed by atoms with Crippen LogP contribution in [0.2, 0.25) is 0 Å². The molecule has 8 nitrogen and oxygen atoms in total. The number of rotatable bonds is 13. The number of ether oxygens (including phenoxy) is 1. The molecule has 0 aliphatic carbocycles. The Labute approximate surface area is 245 Å². The highest BCUT2D eigenvalue weighted by molar-refractivity contribution is 5.92. The number of phenolic OH excluding ortho intramolecular Hbond substituents is 1. The summed E-state index contributed by atoms with van der Waals surface area (Å²) in [6.45, 7) is 15.7. The molecule has 0 aromatic heterocycles. The summed E-state index contributed by atoms with van der Waals surface area (Å²) in [5.41, 5.74) is 2.63. The standard InChI is InChI=1S/C33H49N3O5/c1-9-11-12-19-34-30(38)29(27-20-22(3)13-14-23(27)4)36(24(5)10-2)31(39)28(35-32(40)41-33(6,7)8)21-25-15-17-26(37)18-16-25/h13-18,20,24,28-29,37H,9-12,19,21H2,1-8H3,(H,34,38)(H,35,40). The Morgan fingerprint density at radius 2 is 1.66 bits per heavy atom. The van der Waals surface area contributed by atoms with E-state index in [9.17, 15) is 19.5 Å². The highest BCUT2D eigenvalue weighted by Crippen LogP contribution is 2.30. The van der Waals surface area contributed by atoms with E-state index in [0.717, 1.165) is 41.5 Å². The minimum absolute atomic E-state index is 0.104. The molecule has 0 radical (unpaired) electrons. The van der Waals surface area contributed by atoms with Crippen molar-refractivity contribution in [1.29, 1.82) is 0 Å². The average molecular weight is 568 g/mol. The third kappa shape index (κ3) is 10.4. The first kappa shape index (κ1) is 33.7. The minimum atomic E-state index is -1.01. The molecule has 2 aromatic carbocycles. The van der Waals surface area contributed by atoms with Crippen LogP contribution in [0.15, 0.2) is 42.5 Å². The molecule has 8 heteroatoms. The van der Waals surface area contributed by atoms with Gasteiger partial charge in [-0.2, -0.15) is 0 Å². The van der Waals surface area contributed by atoms with E-state index in [2.05, 4.69) is 17.6 Å². The zero-order valence-corrected chi connectivity index (χ0v) is 26.0. The van der Waals surface area contributed by atoms with Gasteiger partial charge in [-0.3, -0.25) is 9.59 Å². The molecule has 0 aliphatic rings. The minimum Gasteiger partial charge on any atom is -0.508 e. The molecule has 0 heterocycles. The molecular weight excluding hydrogens is 518 g/mol. The Balaban J connectivity index is 2.60. The first-order valence-corrected chi connectivity index (χ1v) is 14.7. The zero-order chi connectivity index (χ0) is 30.7. The summed E-state index contributed by atoms with van der Waals surface area (Å²) in [6, 6.07) is 10.2. The summed E-state index contributed by atoms with van der Waals surface area (Å²) in [4.78, 5) is 43.0. The van der Waals surface area contributed by atoms with Crippen LogP contribution in [0.4, 0.5) is 4.79 Å². The number of unbranched alkanes of at least 4 members (excludes halogenated alkanes) is 2. The Morgan fingerprint density at radius 3 is 2.24 bits per heavy atom. The van der Waals surface area contributed by atoms with Gasteiger partial charge in [-0.1, -0.05) is 62.6 Å². The number of carbonyl (C=O) groups is 3. The lowest BCUT2D eigenvalue weighted by Crippen LogP contribution is -2.56. The molecule has 3 atom stereocenters. The van der Waals surface area contributed by atoms with Crippen molar-refractivity contribution in [3.05, 3.63) is 64.7 Å². The Kier molecular flexibility index (Phi) is 12.7.